The van der Waals surface area contributed by atoms with Gasteiger partial charge in [0.2, 0.25) is 0 Å². The van der Waals surface area contributed by atoms with E-state index in [0.29, 0.717) is 6.29 Å². The zero-order valence-electron chi connectivity index (χ0n) is 4.46. The summed E-state index contributed by atoms with van der Waals surface area (Å²) in [7, 11) is 3.50. The van der Waals surface area contributed by atoms with Crippen LogP contribution in [0.5, 0.6) is 0 Å². The van der Waals surface area contributed by atoms with E-state index in [4.69, 9.17) is 0 Å². The fourth-order valence-corrected chi connectivity index (χ4v) is 0.161. The fourth-order valence-electron chi connectivity index (χ4n) is 0.161. The van der Waals surface area contributed by atoms with E-state index in [1.54, 1.807) is 19.1 Å². The van der Waals surface area contributed by atoms with Crippen LogP contribution in [-0.2, 0) is 4.79 Å². The van der Waals surface area contributed by atoms with Gasteiger partial charge in [-0.05, 0) is 0 Å². The summed E-state index contributed by atoms with van der Waals surface area (Å²) in [5.41, 5.74) is 0. The van der Waals surface area contributed by atoms with Gasteiger partial charge in [-0.1, -0.05) is 0 Å². The Kier molecular flexibility index (Phi) is 2.92. The molecule has 0 heterocycles. The van der Waals surface area contributed by atoms with Crippen LogP contribution in [-0.4, -0.2) is 31.6 Å². The van der Waals surface area contributed by atoms with Gasteiger partial charge in [-0.25, -0.2) is 0 Å². The molecule has 0 spiro atoms. The average molecular weight is 100 g/mol. The third-order valence-electron chi connectivity index (χ3n) is 0.358. The lowest BCUT2D eigenvalue weighted by molar-refractivity contribution is -0.102. The number of carbonyl (C=O) groups is 1. The molecule has 0 aliphatic rings. The molecule has 0 aromatic rings. The number of hydrazone groups is 1. The van der Waals surface area contributed by atoms with Crippen LogP contribution in [0.15, 0.2) is 5.10 Å². The van der Waals surface area contributed by atoms with Crippen molar-refractivity contribution in [2.75, 3.05) is 14.1 Å². The zero-order valence-corrected chi connectivity index (χ0v) is 4.46. The van der Waals surface area contributed by atoms with Gasteiger partial charge in [-0.15, -0.1) is 0 Å². The topological polar surface area (TPSA) is 32.7 Å². The van der Waals surface area contributed by atoms with Gasteiger partial charge in [0.05, 0.1) is 6.21 Å². The first-order valence-corrected chi connectivity index (χ1v) is 1.92. The molecule has 40 valence electrons. The average Bonchev–Trinajstić information content (AvgIpc) is 1.61. The van der Waals surface area contributed by atoms with Crippen LogP contribution in [0.1, 0.15) is 0 Å². The lowest BCUT2D eigenvalue weighted by Gasteiger charge is -1.98. The van der Waals surface area contributed by atoms with Gasteiger partial charge in [0.1, 0.15) is 0 Å². The summed E-state index contributed by atoms with van der Waals surface area (Å²) in [5, 5.41) is 5.13. The van der Waals surface area contributed by atoms with E-state index in [0.717, 1.165) is 0 Å². The van der Waals surface area contributed by atoms with Crippen LogP contribution in [0.25, 0.3) is 0 Å². The van der Waals surface area contributed by atoms with Gasteiger partial charge in [-0.3, -0.25) is 4.79 Å². The molecule has 0 saturated heterocycles. The second-order valence-corrected chi connectivity index (χ2v) is 1.25. The van der Waals surface area contributed by atoms with Crippen molar-refractivity contribution in [3.8, 4) is 0 Å². The smallest absolute Gasteiger partial charge is 0.162 e. The summed E-state index contributed by atoms with van der Waals surface area (Å²) in [4.78, 5) is 9.53. The SMILES string of the molecule is CN(C)/N=C/C=O. The van der Waals surface area contributed by atoms with E-state index >= 15 is 0 Å². The third kappa shape index (κ3) is 5.14. The predicted octanol–water partition coefficient (Wildman–Crippen LogP) is -0.267. The van der Waals surface area contributed by atoms with E-state index in [2.05, 4.69) is 5.10 Å². The summed E-state index contributed by atoms with van der Waals surface area (Å²) in [6.45, 7) is 0. The van der Waals surface area contributed by atoms with Gasteiger partial charge in [0.15, 0.2) is 6.29 Å². The highest BCUT2D eigenvalue weighted by atomic mass is 16.1. The quantitative estimate of drug-likeness (QED) is 0.272. The molecule has 0 aliphatic carbocycles. The molecule has 0 rings (SSSR count). The van der Waals surface area contributed by atoms with E-state index < -0.39 is 0 Å². The van der Waals surface area contributed by atoms with E-state index in [1.165, 1.54) is 6.21 Å². The highest BCUT2D eigenvalue weighted by Gasteiger charge is 1.69. The van der Waals surface area contributed by atoms with Crippen molar-refractivity contribution >= 4 is 12.5 Å². The first-order valence-electron chi connectivity index (χ1n) is 1.92. The molecule has 0 saturated carbocycles. The van der Waals surface area contributed by atoms with Gasteiger partial charge in [0, 0.05) is 14.1 Å². The second-order valence-electron chi connectivity index (χ2n) is 1.25. The molecule has 0 amide bonds. The van der Waals surface area contributed by atoms with Crippen LogP contribution in [0.3, 0.4) is 0 Å². The number of hydrogen-bond donors (Lipinski definition) is 0. The Labute approximate surface area is 42.6 Å². The molecule has 0 radical (unpaired) electrons. The maximum Gasteiger partial charge on any atom is 0.162 e. The lowest BCUT2D eigenvalue weighted by Crippen LogP contribution is -2.01. The Balaban J connectivity index is 3.25. The summed E-state index contributed by atoms with van der Waals surface area (Å²) < 4.78 is 0. The van der Waals surface area contributed by atoms with Crippen LogP contribution < -0.4 is 0 Å². The first kappa shape index (κ1) is 6.14. The Morgan fingerprint density at radius 3 is 2.29 bits per heavy atom. The zero-order chi connectivity index (χ0) is 5.70. The van der Waals surface area contributed by atoms with Crippen molar-refractivity contribution < 1.29 is 4.79 Å². The molecule has 0 bridgehead atoms. The molecular weight excluding hydrogens is 92.1 g/mol. The number of carbonyl (C=O) groups excluding carboxylic acids is 1. The molecule has 0 aromatic heterocycles. The molecule has 0 aliphatic heterocycles. The lowest BCUT2D eigenvalue weighted by atomic mass is 10.9. The Hall–Kier alpha value is -0.860. The largest absolute Gasteiger partial charge is 0.303 e. The van der Waals surface area contributed by atoms with Crippen LogP contribution in [0.4, 0.5) is 0 Å². The minimum Gasteiger partial charge on any atom is -0.303 e. The molecule has 0 N–H and O–H groups in total. The van der Waals surface area contributed by atoms with E-state index in [9.17, 15) is 4.79 Å². The predicted molar refractivity (Wildman–Crippen MR) is 28.2 cm³/mol. The maximum atomic E-state index is 9.53. The molecule has 7 heavy (non-hydrogen) atoms. The number of nitrogens with zero attached hydrogens (tertiary/aromatic N) is 2. The molecular formula is C4H8N2O. The molecule has 0 atom stereocenters. The normalized spacial score (nSPS) is 9.43. The van der Waals surface area contributed by atoms with Crippen molar-refractivity contribution in [1.29, 1.82) is 0 Å². The maximum absolute atomic E-state index is 9.53. The Bertz CT molecular complexity index is 77.8. The summed E-state index contributed by atoms with van der Waals surface area (Å²) >= 11 is 0. The number of rotatable bonds is 2. The summed E-state index contributed by atoms with van der Waals surface area (Å²) in [5.74, 6) is 0. The highest BCUT2D eigenvalue weighted by Crippen LogP contribution is 1.66. The molecule has 0 fully saturated rings. The van der Waals surface area contributed by atoms with Crippen molar-refractivity contribution in [2.45, 2.75) is 0 Å². The minimum atomic E-state index is 0.639. The van der Waals surface area contributed by atoms with E-state index in [1.807, 2.05) is 0 Å². The third-order valence-corrected chi connectivity index (χ3v) is 0.358. The second kappa shape index (κ2) is 3.33. The standard InChI is InChI=1S/C4H8N2O/c1-6(2)5-3-4-7/h3-4H,1-2H3/b5-3+. The first-order chi connectivity index (χ1) is 3.27. The Morgan fingerprint density at radius 2 is 2.14 bits per heavy atom. The van der Waals surface area contributed by atoms with Gasteiger partial charge in [-0.2, -0.15) is 5.10 Å². The van der Waals surface area contributed by atoms with Crippen LogP contribution >= 0.6 is 0 Å². The van der Waals surface area contributed by atoms with Crippen molar-refractivity contribution in [2.24, 2.45) is 5.10 Å². The van der Waals surface area contributed by atoms with Gasteiger partial charge < -0.3 is 5.01 Å². The van der Waals surface area contributed by atoms with Crippen LogP contribution in [0.2, 0.25) is 0 Å². The van der Waals surface area contributed by atoms with Gasteiger partial charge in [0.25, 0.3) is 0 Å². The Morgan fingerprint density at radius 1 is 1.57 bits per heavy atom. The van der Waals surface area contributed by atoms with Crippen LogP contribution in [0, 0.1) is 0 Å². The van der Waals surface area contributed by atoms with E-state index in [-0.39, 0.29) is 0 Å². The highest BCUT2D eigenvalue weighted by molar-refractivity contribution is 6.12. The van der Waals surface area contributed by atoms with Crippen molar-refractivity contribution in [3.05, 3.63) is 0 Å². The molecule has 0 aromatic carbocycles. The van der Waals surface area contributed by atoms with Gasteiger partial charge >= 0.3 is 0 Å². The number of hydrogen-bond acceptors (Lipinski definition) is 3. The fraction of sp³-hybridized carbons (Fsp3) is 0.500. The molecule has 0 unspecified atom stereocenters. The molecule has 3 nitrogen and oxygen atoms in total. The summed E-state index contributed by atoms with van der Waals surface area (Å²) in [6, 6.07) is 0. The summed E-state index contributed by atoms with van der Waals surface area (Å²) in [6.07, 6.45) is 1.83. The number of aldehydes is 1. The van der Waals surface area contributed by atoms with Crippen molar-refractivity contribution in [1.82, 2.24) is 5.01 Å². The minimum absolute atomic E-state index is 0.639. The molecule has 3 heteroatoms. The van der Waals surface area contributed by atoms with Crippen molar-refractivity contribution in [3.63, 3.8) is 0 Å². The monoisotopic (exact) mass is 100 g/mol.